The highest BCUT2D eigenvalue weighted by molar-refractivity contribution is 7.18. The van der Waals surface area contributed by atoms with E-state index in [1.54, 1.807) is 23.7 Å². The number of hydrogen-bond acceptors (Lipinski definition) is 7. The van der Waals surface area contributed by atoms with Crippen molar-refractivity contribution in [3.05, 3.63) is 71.4 Å². The van der Waals surface area contributed by atoms with E-state index >= 15 is 0 Å². The van der Waals surface area contributed by atoms with Gasteiger partial charge in [-0.3, -0.25) is 4.98 Å². The number of fused-ring (bicyclic) bond motifs is 1. The number of nitrogens with one attached hydrogen (secondary N) is 1. The summed E-state index contributed by atoms with van der Waals surface area (Å²) in [6.45, 7) is 2.60. The van der Waals surface area contributed by atoms with Crippen molar-refractivity contribution in [1.29, 1.82) is 0 Å². The first-order valence-corrected chi connectivity index (χ1v) is 11.9. The van der Waals surface area contributed by atoms with E-state index in [-0.39, 0.29) is 6.04 Å². The summed E-state index contributed by atoms with van der Waals surface area (Å²) in [5.74, 6) is 7.38. The molecule has 168 valence electrons. The topological polar surface area (TPSA) is 97.0 Å². The van der Waals surface area contributed by atoms with Crippen molar-refractivity contribution in [1.82, 2.24) is 15.0 Å². The van der Waals surface area contributed by atoms with Crippen LogP contribution in [0.25, 0.3) is 21.6 Å². The summed E-state index contributed by atoms with van der Waals surface area (Å²) in [5.41, 5.74) is 10.0. The van der Waals surface area contributed by atoms with Gasteiger partial charge in [0.25, 0.3) is 0 Å². The summed E-state index contributed by atoms with van der Waals surface area (Å²) in [6.07, 6.45) is 5.11. The lowest BCUT2D eigenvalue weighted by Crippen LogP contribution is -2.31. The highest BCUT2D eigenvalue weighted by atomic mass is 32.1. The number of hydrogen-bond donors (Lipinski definition) is 3. The van der Waals surface area contributed by atoms with E-state index in [1.807, 2.05) is 42.6 Å². The Morgan fingerprint density at radius 1 is 1.12 bits per heavy atom. The molecule has 0 amide bonds. The molecule has 0 radical (unpaired) electrons. The number of benzene rings is 1. The van der Waals surface area contributed by atoms with Crippen molar-refractivity contribution in [3.63, 3.8) is 0 Å². The van der Waals surface area contributed by atoms with Crippen molar-refractivity contribution >= 4 is 27.4 Å². The predicted molar refractivity (Wildman–Crippen MR) is 135 cm³/mol. The van der Waals surface area contributed by atoms with Crippen LogP contribution in [0.5, 0.6) is 0 Å². The Kier molecular flexibility index (Phi) is 7.63. The second-order valence-electron chi connectivity index (χ2n) is 7.86. The minimum absolute atomic E-state index is 0.0646. The largest absolute Gasteiger partial charge is 0.380 e. The molecule has 4 N–H and O–H groups in total. The molecule has 33 heavy (non-hydrogen) atoms. The van der Waals surface area contributed by atoms with E-state index in [0.29, 0.717) is 18.8 Å². The molecule has 4 rings (SSSR count). The second-order valence-corrected chi connectivity index (χ2v) is 8.74. The van der Waals surface area contributed by atoms with Gasteiger partial charge in [-0.1, -0.05) is 55.5 Å². The van der Waals surface area contributed by atoms with Crippen LogP contribution in [0.2, 0.25) is 0 Å². The number of thiophene rings is 1. The number of pyridine rings is 1. The lowest BCUT2D eigenvalue weighted by Gasteiger charge is -2.14. The average molecular weight is 458 g/mol. The third kappa shape index (κ3) is 5.93. The summed E-state index contributed by atoms with van der Waals surface area (Å²) in [5, 5.41) is 15.4. The molecule has 0 spiro atoms. The van der Waals surface area contributed by atoms with Crippen LogP contribution < -0.4 is 11.1 Å². The first-order valence-electron chi connectivity index (χ1n) is 11.1. The standard InChI is InChI=1S/C26H27N5OS/c1-2-6-22(32)10-9-20-17-33-24-23(20)30-25(19-11-13-28-14-12-19)31-26(24)29-16-21(27)15-18-7-4-3-5-8-18/h3-5,7-8,11-14,17,21-22,32H,2,6,15-16,27H2,1H3,(H,29,30,31)/t21-,22-/m0/s1. The lowest BCUT2D eigenvalue weighted by molar-refractivity contribution is 0.221. The number of aromatic nitrogens is 3. The summed E-state index contributed by atoms with van der Waals surface area (Å²) in [4.78, 5) is 13.7. The van der Waals surface area contributed by atoms with Crippen LogP contribution in [0.15, 0.2) is 60.2 Å². The van der Waals surface area contributed by atoms with Gasteiger partial charge in [-0.25, -0.2) is 9.97 Å². The van der Waals surface area contributed by atoms with Crippen molar-refractivity contribution < 1.29 is 5.11 Å². The Balaban J connectivity index is 1.64. The molecular weight excluding hydrogens is 430 g/mol. The van der Waals surface area contributed by atoms with Crippen LogP contribution in [0.1, 0.15) is 30.9 Å². The molecule has 1 aromatic carbocycles. The SMILES string of the molecule is CCC[C@H](O)C#Cc1csc2c(NC[C@@H](N)Cc3ccccc3)nc(-c3ccncc3)nc12. The van der Waals surface area contributed by atoms with Gasteiger partial charge in [-0.15, -0.1) is 11.3 Å². The zero-order valence-corrected chi connectivity index (χ0v) is 19.3. The lowest BCUT2D eigenvalue weighted by atomic mass is 10.1. The van der Waals surface area contributed by atoms with Gasteiger partial charge in [-0.2, -0.15) is 0 Å². The maximum absolute atomic E-state index is 10.0. The van der Waals surface area contributed by atoms with Crippen LogP contribution in [0.3, 0.4) is 0 Å². The highest BCUT2D eigenvalue weighted by Crippen LogP contribution is 2.32. The number of nitrogens with two attached hydrogens (primary N) is 1. The number of aliphatic hydroxyl groups excluding tert-OH is 1. The molecule has 7 heteroatoms. The molecule has 0 aliphatic carbocycles. The fourth-order valence-corrected chi connectivity index (χ4v) is 4.38. The Hall–Kier alpha value is -3.31. The van der Waals surface area contributed by atoms with E-state index < -0.39 is 6.10 Å². The van der Waals surface area contributed by atoms with E-state index in [4.69, 9.17) is 15.7 Å². The molecule has 0 fully saturated rings. The number of nitrogens with zero attached hydrogens (tertiary/aromatic N) is 3. The second kappa shape index (κ2) is 11.0. The maximum Gasteiger partial charge on any atom is 0.162 e. The van der Waals surface area contributed by atoms with Gasteiger partial charge in [0.1, 0.15) is 17.4 Å². The zero-order chi connectivity index (χ0) is 23.0. The average Bonchev–Trinajstić information content (AvgIpc) is 3.26. The van der Waals surface area contributed by atoms with E-state index in [9.17, 15) is 5.11 Å². The van der Waals surface area contributed by atoms with Crippen molar-refractivity contribution in [2.75, 3.05) is 11.9 Å². The molecular formula is C26H27N5OS. The van der Waals surface area contributed by atoms with E-state index in [2.05, 4.69) is 34.3 Å². The van der Waals surface area contributed by atoms with Crippen molar-refractivity contribution in [2.45, 2.75) is 38.3 Å². The number of anilines is 1. The molecule has 0 unspecified atom stereocenters. The summed E-state index contributed by atoms with van der Waals surface area (Å²) in [7, 11) is 0. The van der Waals surface area contributed by atoms with Gasteiger partial charge in [-0.05, 0) is 30.5 Å². The smallest absolute Gasteiger partial charge is 0.162 e. The molecule has 0 aliphatic rings. The predicted octanol–water partition coefficient (Wildman–Crippen LogP) is 4.25. The fourth-order valence-electron chi connectivity index (χ4n) is 3.48. The third-order valence-electron chi connectivity index (χ3n) is 5.16. The molecule has 3 heterocycles. The van der Waals surface area contributed by atoms with E-state index in [0.717, 1.165) is 40.0 Å². The molecule has 0 saturated heterocycles. The van der Waals surface area contributed by atoms with Crippen molar-refractivity contribution in [3.8, 4) is 23.2 Å². The molecule has 0 aliphatic heterocycles. The normalized spacial score (nSPS) is 12.7. The third-order valence-corrected chi connectivity index (χ3v) is 6.14. The quantitative estimate of drug-likeness (QED) is 0.342. The highest BCUT2D eigenvalue weighted by Gasteiger charge is 2.15. The van der Waals surface area contributed by atoms with Crippen LogP contribution in [0, 0.1) is 11.8 Å². The van der Waals surface area contributed by atoms with Gasteiger partial charge in [0.05, 0.1) is 10.3 Å². The molecule has 0 saturated carbocycles. The van der Waals surface area contributed by atoms with Crippen LogP contribution in [-0.2, 0) is 6.42 Å². The molecule has 6 nitrogen and oxygen atoms in total. The molecule has 0 bridgehead atoms. The zero-order valence-electron chi connectivity index (χ0n) is 18.5. The fraction of sp³-hybridized carbons (Fsp3) is 0.269. The maximum atomic E-state index is 10.0. The van der Waals surface area contributed by atoms with Crippen molar-refractivity contribution in [2.24, 2.45) is 5.73 Å². The molecule has 4 aromatic rings. The van der Waals surface area contributed by atoms with Crippen LogP contribution in [-0.4, -0.2) is 38.7 Å². The first-order chi connectivity index (χ1) is 16.1. The van der Waals surface area contributed by atoms with Gasteiger partial charge >= 0.3 is 0 Å². The first kappa shape index (κ1) is 22.9. The van der Waals surface area contributed by atoms with Gasteiger partial charge in [0.2, 0.25) is 0 Å². The minimum atomic E-state index is -0.639. The summed E-state index contributed by atoms with van der Waals surface area (Å²) < 4.78 is 0.925. The Morgan fingerprint density at radius 2 is 1.91 bits per heavy atom. The summed E-state index contributed by atoms with van der Waals surface area (Å²) in [6, 6.07) is 13.9. The van der Waals surface area contributed by atoms with Gasteiger partial charge < -0.3 is 16.2 Å². The number of aliphatic hydroxyl groups is 1. The van der Waals surface area contributed by atoms with Crippen LogP contribution >= 0.6 is 11.3 Å². The Morgan fingerprint density at radius 3 is 2.67 bits per heavy atom. The number of rotatable bonds is 8. The monoisotopic (exact) mass is 457 g/mol. The Labute approximate surface area is 197 Å². The minimum Gasteiger partial charge on any atom is -0.380 e. The van der Waals surface area contributed by atoms with E-state index in [1.165, 1.54) is 5.56 Å². The summed E-state index contributed by atoms with van der Waals surface area (Å²) >= 11 is 1.54. The van der Waals surface area contributed by atoms with Gasteiger partial charge in [0, 0.05) is 35.9 Å². The molecule has 2 atom stereocenters. The van der Waals surface area contributed by atoms with Gasteiger partial charge in [0.15, 0.2) is 5.82 Å². The van der Waals surface area contributed by atoms with Crippen LogP contribution in [0.4, 0.5) is 5.82 Å². The Bertz CT molecular complexity index is 1250. The molecule has 3 aromatic heterocycles.